The smallest absolute Gasteiger partial charge is 0.133 e. The molecule has 1 aliphatic carbocycles. The molecule has 21 heavy (non-hydrogen) atoms. The molecule has 2 unspecified atom stereocenters. The van der Waals surface area contributed by atoms with Crippen molar-refractivity contribution in [3.05, 3.63) is 28.2 Å². The van der Waals surface area contributed by atoms with Crippen LogP contribution in [0.4, 0.5) is 0 Å². The number of halogens is 1. The van der Waals surface area contributed by atoms with Crippen LogP contribution in [0, 0.1) is 5.92 Å². The molecular formula is C17H25BrN2O. The molecule has 1 aliphatic heterocycles. The second-order valence-electron chi connectivity index (χ2n) is 6.80. The average Bonchev–Trinajstić information content (AvgIpc) is 3.28. The second-order valence-corrected chi connectivity index (χ2v) is 7.65. The maximum absolute atomic E-state index is 5.31. The van der Waals surface area contributed by atoms with Gasteiger partial charge in [0.15, 0.2) is 0 Å². The monoisotopic (exact) mass is 352 g/mol. The lowest BCUT2D eigenvalue weighted by molar-refractivity contribution is 0.0770. The molecule has 116 valence electrons. The standard InChI is InChI=1S/C17H25BrN2O/c1-12-9-19-17(2,14-5-6-14)11-20(12)10-13-4-7-16(21-3)15(18)8-13/h4,7-8,12,14,19H,5-6,9-11H2,1-3H3. The molecule has 1 saturated carbocycles. The molecule has 0 spiro atoms. The Morgan fingerprint density at radius 1 is 1.43 bits per heavy atom. The first kappa shape index (κ1) is 15.3. The lowest BCUT2D eigenvalue weighted by Crippen LogP contribution is -2.62. The van der Waals surface area contributed by atoms with E-state index in [0.717, 1.165) is 35.8 Å². The van der Waals surface area contributed by atoms with E-state index in [-0.39, 0.29) is 0 Å². The van der Waals surface area contributed by atoms with Crippen molar-refractivity contribution >= 4 is 15.9 Å². The van der Waals surface area contributed by atoms with Gasteiger partial charge in [0, 0.05) is 31.2 Å². The Morgan fingerprint density at radius 2 is 2.19 bits per heavy atom. The summed E-state index contributed by atoms with van der Waals surface area (Å²) < 4.78 is 6.35. The number of rotatable bonds is 4. The largest absolute Gasteiger partial charge is 0.496 e. The van der Waals surface area contributed by atoms with Crippen LogP contribution in [0.1, 0.15) is 32.3 Å². The van der Waals surface area contributed by atoms with E-state index in [2.05, 4.69) is 52.1 Å². The zero-order valence-electron chi connectivity index (χ0n) is 13.2. The van der Waals surface area contributed by atoms with Gasteiger partial charge in [0.05, 0.1) is 11.6 Å². The van der Waals surface area contributed by atoms with Crippen molar-refractivity contribution in [2.24, 2.45) is 5.92 Å². The van der Waals surface area contributed by atoms with E-state index in [4.69, 9.17) is 4.74 Å². The summed E-state index contributed by atoms with van der Waals surface area (Å²) in [6, 6.07) is 6.99. The van der Waals surface area contributed by atoms with Gasteiger partial charge in [-0.3, -0.25) is 4.90 Å². The van der Waals surface area contributed by atoms with Crippen molar-refractivity contribution in [2.75, 3.05) is 20.2 Å². The van der Waals surface area contributed by atoms with Crippen molar-refractivity contribution in [3.8, 4) is 5.75 Å². The third kappa shape index (κ3) is 3.27. The molecule has 2 fully saturated rings. The Labute approximate surface area is 136 Å². The van der Waals surface area contributed by atoms with E-state index in [9.17, 15) is 0 Å². The summed E-state index contributed by atoms with van der Waals surface area (Å²) >= 11 is 3.59. The average molecular weight is 353 g/mol. The number of ether oxygens (including phenoxy) is 1. The highest BCUT2D eigenvalue weighted by Gasteiger charge is 2.45. The highest BCUT2D eigenvalue weighted by atomic mass is 79.9. The van der Waals surface area contributed by atoms with Crippen molar-refractivity contribution < 1.29 is 4.74 Å². The number of nitrogens with one attached hydrogen (secondary N) is 1. The molecule has 2 atom stereocenters. The quantitative estimate of drug-likeness (QED) is 0.898. The van der Waals surface area contributed by atoms with Gasteiger partial charge in [0.2, 0.25) is 0 Å². The fourth-order valence-corrected chi connectivity index (χ4v) is 3.98. The van der Waals surface area contributed by atoms with Gasteiger partial charge in [-0.25, -0.2) is 0 Å². The van der Waals surface area contributed by atoms with E-state index in [1.807, 2.05) is 6.07 Å². The van der Waals surface area contributed by atoms with Crippen molar-refractivity contribution in [2.45, 2.75) is 44.8 Å². The third-order valence-corrected chi connectivity index (χ3v) is 5.66. The number of methoxy groups -OCH3 is 1. The Morgan fingerprint density at radius 3 is 2.81 bits per heavy atom. The molecule has 4 heteroatoms. The molecule has 0 radical (unpaired) electrons. The van der Waals surface area contributed by atoms with E-state index < -0.39 is 0 Å². The van der Waals surface area contributed by atoms with Crippen LogP contribution in [-0.4, -0.2) is 36.7 Å². The minimum atomic E-state index is 0.302. The molecule has 1 N–H and O–H groups in total. The van der Waals surface area contributed by atoms with Crippen LogP contribution in [0.3, 0.4) is 0 Å². The molecule has 0 bridgehead atoms. The van der Waals surface area contributed by atoms with Gasteiger partial charge in [-0.05, 0) is 66.2 Å². The minimum absolute atomic E-state index is 0.302. The highest BCUT2D eigenvalue weighted by Crippen LogP contribution is 2.41. The van der Waals surface area contributed by atoms with E-state index >= 15 is 0 Å². The number of hydrogen-bond donors (Lipinski definition) is 1. The summed E-state index contributed by atoms with van der Waals surface area (Å²) in [4.78, 5) is 2.61. The lowest BCUT2D eigenvalue weighted by atomic mass is 9.91. The second kappa shape index (κ2) is 5.90. The highest BCUT2D eigenvalue weighted by molar-refractivity contribution is 9.10. The van der Waals surface area contributed by atoms with Crippen molar-refractivity contribution in [1.82, 2.24) is 10.2 Å². The summed E-state index contributed by atoms with van der Waals surface area (Å²) in [6.45, 7) is 7.95. The molecule has 3 nitrogen and oxygen atoms in total. The van der Waals surface area contributed by atoms with Gasteiger partial charge in [-0.2, -0.15) is 0 Å². The van der Waals surface area contributed by atoms with Gasteiger partial charge in [0.1, 0.15) is 5.75 Å². The predicted molar refractivity (Wildman–Crippen MR) is 89.7 cm³/mol. The fraction of sp³-hybridized carbons (Fsp3) is 0.647. The molecular weight excluding hydrogens is 328 g/mol. The van der Waals surface area contributed by atoms with E-state index in [1.54, 1.807) is 7.11 Å². The van der Waals surface area contributed by atoms with E-state index in [1.165, 1.54) is 18.4 Å². The maximum atomic E-state index is 5.31. The fourth-order valence-electron chi connectivity index (χ4n) is 3.39. The van der Waals surface area contributed by atoms with E-state index in [0.29, 0.717) is 11.6 Å². The molecule has 0 aromatic heterocycles. The Balaban J connectivity index is 1.71. The van der Waals surface area contributed by atoms with Gasteiger partial charge >= 0.3 is 0 Å². The molecule has 1 aromatic carbocycles. The van der Waals surface area contributed by atoms with Gasteiger partial charge in [0.25, 0.3) is 0 Å². The number of piperazine rings is 1. The molecule has 1 aromatic rings. The van der Waals surface area contributed by atoms with Gasteiger partial charge in [-0.1, -0.05) is 6.07 Å². The summed E-state index contributed by atoms with van der Waals surface area (Å²) in [5.74, 6) is 1.77. The summed E-state index contributed by atoms with van der Waals surface area (Å²) in [5.41, 5.74) is 1.64. The number of hydrogen-bond acceptors (Lipinski definition) is 3. The molecule has 3 rings (SSSR count). The molecule has 1 heterocycles. The first-order valence-corrected chi connectivity index (χ1v) is 8.62. The van der Waals surface area contributed by atoms with Gasteiger partial charge < -0.3 is 10.1 Å². The Bertz CT molecular complexity index is 518. The summed E-state index contributed by atoms with van der Waals surface area (Å²) in [7, 11) is 1.71. The number of benzene rings is 1. The van der Waals surface area contributed by atoms with Crippen LogP contribution >= 0.6 is 15.9 Å². The van der Waals surface area contributed by atoms with Crippen LogP contribution in [0.5, 0.6) is 5.75 Å². The topological polar surface area (TPSA) is 24.5 Å². The molecule has 1 saturated heterocycles. The SMILES string of the molecule is COc1ccc(CN2CC(C)(C3CC3)NCC2C)cc1Br. The van der Waals surface area contributed by atoms with Crippen LogP contribution in [0.15, 0.2) is 22.7 Å². The zero-order chi connectivity index (χ0) is 15.0. The van der Waals surface area contributed by atoms with Crippen LogP contribution in [-0.2, 0) is 6.54 Å². The zero-order valence-corrected chi connectivity index (χ0v) is 14.7. The van der Waals surface area contributed by atoms with Crippen LogP contribution in [0.2, 0.25) is 0 Å². The first-order chi connectivity index (χ1) is 10.0. The number of nitrogens with zero attached hydrogens (tertiary/aromatic N) is 1. The predicted octanol–water partition coefficient (Wildman–Crippen LogP) is 3.42. The summed E-state index contributed by atoms with van der Waals surface area (Å²) in [5, 5.41) is 3.78. The van der Waals surface area contributed by atoms with Crippen LogP contribution < -0.4 is 10.1 Å². The Kier molecular flexibility index (Phi) is 4.30. The Hall–Kier alpha value is -0.580. The van der Waals surface area contributed by atoms with Gasteiger partial charge in [-0.15, -0.1) is 0 Å². The molecule has 0 amide bonds. The summed E-state index contributed by atoms with van der Waals surface area (Å²) in [6.07, 6.45) is 2.78. The normalized spacial score (nSPS) is 30.4. The van der Waals surface area contributed by atoms with Crippen molar-refractivity contribution in [1.29, 1.82) is 0 Å². The first-order valence-electron chi connectivity index (χ1n) is 7.83. The van der Waals surface area contributed by atoms with Crippen LogP contribution in [0.25, 0.3) is 0 Å². The molecule has 2 aliphatic rings. The minimum Gasteiger partial charge on any atom is -0.496 e. The third-order valence-electron chi connectivity index (χ3n) is 5.04. The maximum Gasteiger partial charge on any atom is 0.133 e. The van der Waals surface area contributed by atoms with Crippen molar-refractivity contribution in [3.63, 3.8) is 0 Å². The lowest BCUT2D eigenvalue weighted by Gasteiger charge is -2.45.